The molecular formula is C28H28O5. The van der Waals surface area contributed by atoms with Gasteiger partial charge in [0.05, 0.1) is 14.2 Å². The zero-order valence-corrected chi connectivity index (χ0v) is 19.4. The molecular weight excluding hydrogens is 416 g/mol. The van der Waals surface area contributed by atoms with Gasteiger partial charge in [-0.2, -0.15) is 0 Å². The minimum Gasteiger partial charge on any atom is -0.493 e. The standard InChI is InChI=1S/C28H28O5/c1-19(21-11-12-24-22(15-21)13-14-28(2,3)33-24)32-23-16-25(29-4)27(26(17-23)30-5)31-18-20-9-7-6-8-10-20/h6-17H,1,18H2,2-5H3. The number of benzene rings is 3. The fourth-order valence-corrected chi connectivity index (χ4v) is 3.54. The Bertz CT molecular complexity index is 1150. The molecule has 0 spiro atoms. The fourth-order valence-electron chi connectivity index (χ4n) is 3.54. The van der Waals surface area contributed by atoms with Crippen molar-refractivity contribution in [1.82, 2.24) is 0 Å². The molecule has 5 heteroatoms. The van der Waals surface area contributed by atoms with Crippen LogP contribution in [0.15, 0.2) is 73.3 Å². The summed E-state index contributed by atoms with van der Waals surface area (Å²) in [6.45, 7) is 8.55. The van der Waals surface area contributed by atoms with Crippen LogP contribution in [0.2, 0.25) is 0 Å². The zero-order chi connectivity index (χ0) is 23.4. The van der Waals surface area contributed by atoms with Gasteiger partial charge in [-0.3, -0.25) is 0 Å². The van der Waals surface area contributed by atoms with Crippen LogP contribution in [0.25, 0.3) is 11.8 Å². The van der Waals surface area contributed by atoms with Crippen molar-refractivity contribution in [1.29, 1.82) is 0 Å². The quantitative estimate of drug-likeness (QED) is 0.370. The average Bonchev–Trinajstić information content (AvgIpc) is 2.82. The first-order valence-corrected chi connectivity index (χ1v) is 10.7. The lowest BCUT2D eigenvalue weighted by atomic mass is 10.0. The van der Waals surface area contributed by atoms with Gasteiger partial charge in [-0.25, -0.2) is 0 Å². The van der Waals surface area contributed by atoms with Crippen LogP contribution in [-0.4, -0.2) is 19.8 Å². The molecule has 0 fully saturated rings. The van der Waals surface area contributed by atoms with Crippen LogP contribution >= 0.6 is 0 Å². The topological polar surface area (TPSA) is 46.2 Å². The summed E-state index contributed by atoms with van der Waals surface area (Å²) in [5.41, 5.74) is 2.56. The van der Waals surface area contributed by atoms with Gasteiger partial charge in [0.25, 0.3) is 0 Å². The van der Waals surface area contributed by atoms with Crippen LogP contribution in [-0.2, 0) is 6.61 Å². The van der Waals surface area contributed by atoms with Crippen molar-refractivity contribution in [2.45, 2.75) is 26.1 Å². The lowest BCUT2D eigenvalue weighted by Crippen LogP contribution is -2.27. The molecule has 4 rings (SSSR count). The number of methoxy groups -OCH3 is 2. The number of ether oxygens (including phenoxy) is 5. The Balaban J connectivity index is 1.54. The summed E-state index contributed by atoms with van der Waals surface area (Å²) in [5, 5.41) is 0. The molecule has 3 aromatic carbocycles. The molecule has 0 aromatic heterocycles. The largest absolute Gasteiger partial charge is 0.493 e. The van der Waals surface area contributed by atoms with E-state index in [0.29, 0.717) is 35.4 Å². The van der Waals surface area contributed by atoms with Crippen molar-refractivity contribution in [3.8, 4) is 28.7 Å². The van der Waals surface area contributed by atoms with Gasteiger partial charge in [0.1, 0.15) is 29.5 Å². The minimum atomic E-state index is -0.320. The molecule has 0 bridgehead atoms. The Labute approximate surface area is 194 Å². The first-order chi connectivity index (χ1) is 15.9. The lowest BCUT2D eigenvalue weighted by Gasteiger charge is -2.28. The summed E-state index contributed by atoms with van der Waals surface area (Å²) >= 11 is 0. The second kappa shape index (κ2) is 9.33. The van der Waals surface area contributed by atoms with Crippen LogP contribution in [0.1, 0.15) is 30.5 Å². The summed E-state index contributed by atoms with van der Waals surface area (Å²) in [5.74, 6) is 3.40. The SMILES string of the molecule is C=C(Oc1cc(OC)c(OCc2ccccc2)c(OC)c1)c1ccc2c(c1)C=CC(C)(C)O2. The fraction of sp³-hybridized carbons (Fsp3) is 0.214. The van der Waals surface area contributed by atoms with Crippen LogP contribution < -0.4 is 23.7 Å². The summed E-state index contributed by atoms with van der Waals surface area (Å²) in [6.07, 6.45) is 4.09. The van der Waals surface area contributed by atoms with Gasteiger partial charge in [-0.05, 0) is 43.7 Å². The average molecular weight is 445 g/mol. The van der Waals surface area contributed by atoms with Crippen molar-refractivity contribution in [3.63, 3.8) is 0 Å². The third kappa shape index (κ3) is 5.14. The summed E-state index contributed by atoms with van der Waals surface area (Å²) in [4.78, 5) is 0. The Morgan fingerprint density at radius 3 is 2.30 bits per heavy atom. The van der Waals surface area contributed by atoms with Crippen LogP contribution in [0.4, 0.5) is 0 Å². The molecule has 0 radical (unpaired) electrons. The monoisotopic (exact) mass is 444 g/mol. The Hall–Kier alpha value is -3.86. The van der Waals surface area contributed by atoms with E-state index in [4.69, 9.17) is 23.7 Å². The minimum absolute atomic E-state index is 0.320. The van der Waals surface area contributed by atoms with E-state index in [0.717, 1.165) is 22.4 Å². The third-order valence-electron chi connectivity index (χ3n) is 5.27. The highest BCUT2D eigenvalue weighted by molar-refractivity contribution is 5.69. The van der Waals surface area contributed by atoms with E-state index < -0.39 is 0 Å². The van der Waals surface area contributed by atoms with Gasteiger partial charge in [-0.15, -0.1) is 0 Å². The lowest BCUT2D eigenvalue weighted by molar-refractivity contribution is 0.159. The molecule has 33 heavy (non-hydrogen) atoms. The van der Waals surface area contributed by atoms with E-state index in [2.05, 4.69) is 12.7 Å². The molecule has 0 saturated heterocycles. The maximum absolute atomic E-state index is 6.06. The molecule has 1 heterocycles. The molecule has 0 unspecified atom stereocenters. The molecule has 1 aliphatic heterocycles. The highest BCUT2D eigenvalue weighted by Crippen LogP contribution is 2.42. The summed E-state index contributed by atoms with van der Waals surface area (Å²) < 4.78 is 29.2. The Morgan fingerprint density at radius 2 is 1.64 bits per heavy atom. The first kappa shape index (κ1) is 22.3. The zero-order valence-electron chi connectivity index (χ0n) is 19.4. The predicted octanol–water partition coefficient (Wildman–Crippen LogP) is 6.52. The van der Waals surface area contributed by atoms with Crippen molar-refractivity contribution in [2.24, 2.45) is 0 Å². The molecule has 0 N–H and O–H groups in total. The summed E-state index contributed by atoms with van der Waals surface area (Å²) in [6, 6.07) is 19.3. The van der Waals surface area contributed by atoms with E-state index in [-0.39, 0.29) is 5.60 Å². The summed E-state index contributed by atoms with van der Waals surface area (Å²) in [7, 11) is 3.17. The first-order valence-electron chi connectivity index (χ1n) is 10.7. The predicted molar refractivity (Wildman–Crippen MR) is 130 cm³/mol. The van der Waals surface area contributed by atoms with Gasteiger partial charge in [0.15, 0.2) is 11.5 Å². The molecule has 0 saturated carbocycles. The van der Waals surface area contributed by atoms with E-state index in [9.17, 15) is 0 Å². The van der Waals surface area contributed by atoms with E-state index in [1.807, 2.05) is 68.5 Å². The number of rotatable bonds is 8. The third-order valence-corrected chi connectivity index (χ3v) is 5.27. The molecule has 0 amide bonds. The second-order valence-electron chi connectivity index (χ2n) is 8.25. The molecule has 170 valence electrons. The molecule has 0 aliphatic carbocycles. The van der Waals surface area contributed by atoms with Crippen molar-refractivity contribution < 1.29 is 23.7 Å². The van der Waals surface area contributed by atoms with E-state index >= 15 is 0 Å². The van der Waals surface area contributed by atoms with Gasteiger partial charge >= 0.3 is 0 Å². The molecule has 5 nitrogen and oxygen atoms in total. The van der Waals surface area contributed by atoms with Gasteiger partial charge < -0.3 is 23.7 Å². The molecule has 3 aromatic rings. The molecule has 1 aliphatic rings. The van der Waals surface area contributed by atoms with E-state index in [1.165, 1.54) is 0 Å². The van der Waals surface area contributed by atoms with Gasteiger partial charge in [-0.1, -0.05) is 43.0 Å². The van der Waals surface area contributed by atoms with Crippen LogP contribution in [0.5, 0.6) is 28.7 Å². The molecule has 0 atom stereocenters. The van der Waals surface area contributed by atoms with E-state index in [1.54, 1.807) is 26.4 Å². The van der Waals surface area contributed by atoms with Gasteiger partial charge in [0.2, 0.25) is 5.75 Å². The second-order valence-corrected chi connectivity index (χ2v) is 8.25. The highest BCUT2D eigenvalue weighted by atomic mass is 16.5. The van der Waals surface area contributed by atoms with Crippen molar-refractivity contribution >= 4 is 11.8 Å². The van der Waals surface area contributed by atoms with Gasteiger partial charge in [0, 0.05) is 23.3 Å². The maximum Gasteiger partial charge on any atom is 0.204 e. The highest BCUT2D eigenvalue weighted by Gasteiger charge is 2.22. The van der Waals surface area contributed by atoms with Crippen molar-refractivity contribution in [3.05, 3.63) is 90.0 Å². The van der Waals surface area contributed by atoms with Crippen molar-refractivity contribution in [2.75, 3.05) is 14.2 Å². The Morgan fingerprint density at radius 1 is 0.939 bits per heavy atom. The normalized spacial score (nSPS) is 13.5. The Kier molecular flexibility index (Phi) is 6.31. The number of hydrogen-bond donors (Lipinski definition) is 0. The van der Waals surface area contributed by atoms with Crippen LogP contribution in [0.3, 0.4) is 0 Å². The number of fused-ring (bicyclic) bond motifs is 1. The number of hydrogen-bond acceptors (Lipinski definition) is 5. The maximum atomic E-state index is 6.06. The smallest absolute Gasteiger partial charge is 0.204 e. The van der Waals surface area contributed by atoms with Crippen LogP contribution in [0, 0.1) is 0 Å².